The zero-order chi connectivity index (χ0) is 22.7. The van der Waals surface area contributed by atoms with Crippen LogP contribution in [0.1, 0.15) is 15.9 Å². The Kier molecular flexibility index (Phi) is 6.07. The van der Waals surface area contributed by atoms with E-state index in [0.717, 1.165) is 15.8 Å². The summed E-state index contributed by atoms with van der Waals surface area (Å²) in [5.41, 5.74) is 2.69. The van der Waals surface area contributed by atoms with Gasteiger partial charge in [0.05, 0.1) is 15.1 Å². The summed E-state index contributed by atoms with van der Waals surface area (Å²) in [6, 6.07) is 20.5. The monoisotopic (exact) mass is 463 g/mol. The highest BCUT2D eigenvalue weighted by atomic mass is 32.2. The van der Waals surface area contributed by atoms with E-state index in [9.17, 15) is 13.2 Å². The number of rotatable bonds is 6. The van der Waals surface area contributed by atoms with Crippen molar-refractivity contribution in [3.63, 3.8) is 0 Å². The Morgan fingerprint density at radius 3 is 2.62 bits per heavy atom. The first-order valence-corrected chi connectivity index (χ1v) is 12.2. The molecule has 1 N–H and O–H groups in total. The Morgan fingerprint density at radius 2 is 1.88 bits per heavy atom. The molecule has 1 aromatic heterocycles. The highest BCUT2D eigenvalue weighted by Crippen LogP contribution is 2.20. The first-order chi connectivity index (χ1) is 15.4. The first kappa shape index (κ1) is 21.7. The topological polar surface area (TPSA) is 80.5 Å². The molecule has 32 heavy (non-hydrogen) atoms. The molecule has 0 spiro atoms. The summed E-state index contributed by atoms with van der Waals surface area (Å²) in [6.45, 7) is 6.34. The third-order valence-electron chi connectivity index (χ3n) is 4.76. The number of anilines is 1. The minimum atomic E-state index is -3.76. The minimum absolute atomic E-state index is 0.146. The standard InChI is InChI=1S/C24H21N3O3S2/c1-3-14-27-21-13-12-17(2)15-22(21)31-24(27)25-23(28)18-8-7-9-19(16-18)26-32(29,30)20-10-5-4-6-11-20/h3-13,15-16,26H,1,14H2,2H3. The third-order valence-corrected chi connectivity index (χ3v) is 7.20. The number of allylic oxidation sites excluding steroid dienone is 1. The van der Waals surface area contributed by atoms with Crippen LogP contribution in [-0.2, 0) is 16.6 Å². The first-order valence-electron chi connectivity index (χ1n) is 9.85. The molecule has 1 heterocycles. The Hall–Kier alpha value is -3.49. The molecule has 0 saturated carbocycles. The Morgan fingerprint density at radius 1 is 1.09 bits per heavy atom. The predicted molar refractivity (Wildman–Crippen MR) is 128 cm³/mol. The van der Waals surface area contributed by atoms with E-state index >= 15 is 0 Å². The number of fused-ring (bicyclic) bond motifs is 1. The van der Waals surface area contributed by atoms with Crippen molar-refractivity contribution >= 4 is 43.2 Å². The van der Waals surface area contributed by atoms with Gasteiger partial charge in [-0.05, 0) is 55.0 Å². The van der Waals surface area contributed by atoms with Crippen LogP contribution in [0.2, 0.25) is 0 Å². The van der Waals surface area contributed by atoms with Crippen LogP contribution in [-0.4, -0.2) is 18.9 Å². The van der Waals surface area contributed by atoms with Crippen LogP contribution in [0.4, 0.5) is 5.69 Å². The number of hydrogen-bond donors (Lipinski definition) is 1. The van der Waals surface area contributed by atoms with Crippen molar-refractivity contribution in [1.29, 1.82) is 0 Å². The fourth-order valence-corrected chi connectivity index (χ4v) is 5.46. The summed E-state index contributed by atoms with van der Waals surface area (Å²) in [5.74, 6) is -0.452. The van der Waals surface area contributed by atoms with Gasteiger partial charge in [0.25, 0.3) is 15.9 Å². The van der Waals surface area contributed by atoms with Crippen molar-refractivity contribution < 1.29 is 13.2 Å². The number of carbonyl (C=O) groups is 1. The maximum atomic E-state index is 12.9. The van der Waals surface area contributed by atoms with Gasteiger partial charge in [-0.2, -0.15) is 4.99 Å². The number of carbonyl (C=O) groups excluding carboxylic acids is 1. The number of aromatic nitrogens is 1. The fourth-order valence-electron chi connectivity index (χ4n) is 3.25. The van der Waals surface area contributed by atoms with Gasteiger partial charge in [-0.3, -0.25) is 9.52 Å². The van der Waals surface area contributed by atoms with Crippen molar-refractivity contribution in [2.45, 2.75) is 18.4 Å². The van der Waals surface area contributed by atoms with Crippen molar-refractivity contribution in [3.05, 3.63) is 101 Å². The molecule has 3 aromatic carbocycles. The number of hydrogen-bond acceptors (Lipinski definition) is 4. The van der Waals surface area contributed by atoms with Gasteiger partial charge in [-0.25, -0.2) is 8.42 Å². The number of thiazole rings is 1. The van der Waals surface area contributed by atoms with E-state index in [4.69, 9.17) is 0 Å². The van der Waals surface area contributed by atoms with Crippen molar-refractivity contribution in [3.8, 4) is 0 Å². The maximum absolute atomic E-state index is 12.9. The number of nitrogens with zero attached hydrogens (tertiary/aromatic N) is 2. The lowest BCUT2D eigenvalue weighted by atomic mass is 10.2. The molecule has 0 radical (unpaired) electrons. The highest BCUT2D eigenvalue weighted by Gasteiger charge is 2.15. The predicted octanol–water partition coefficient (Wildman–Crippen LogP) is 4.74. The summed E-state index contributed by atoms with van der Waals surface area (Å²) in [4.78, 5) is 18.0. The quantitative estimate of drug-likeness (QED) is 0.420. The van der Waals surface area contributed by atoms with Gasteiger partial charge < -0.3 is 4.57 Å². The minimum Gasteiger partial charge on any atom is -0.312 e. The van der Waals surface area contributed by atoms with Gasteiger partial charge in [-0.1, -0.05) is 47.7 Å². The van der Waals surface area contributed by atoms with E-state index in [2.05, 4.69) is 22.4 Å². The summed E-state index contributed by atoms with van der Waals surface area (Å²) in [7, 11) is -3.76. The van der Waals surface area contributed by atoms with E-state index in [0.29, 0.717) is 17.0 Å². The number of benzene rings is 3. The second-order valence-electron chi connectivity index (χ2n) is 7.17. The lowest BCUT2D eigenvalue weighted by Gasteiger charge is -2.08. The van der Waals surface area contributed by atoms with Gasteiger partial charge in [0.2, 0.25) is 0 Å². The molecule has 8 heteroatoms. The molecule has 0 atom stereocenters. The van der Waals surface area contributed by atoms with Crippen LogP contribution in [0.5, 0.6) is 0 Å². The van der Waals surface area contributed by atoms with E-state index in [1.54, 1.807) is 42.5 Å². The van der Waals surface area contributed by atoms with Gasteiger partial charge >= 0.3 is 0 Å². The summed E-state index contributed by atoms with van der Waals surface area (Å²) in [6.07, 6.45) is 1.76. The molecule has 0 aliphatic carbocycles. The summed E-state index contributed by atoms with van der Waals surface area (Å²) < 4.78 is 30.7. The average Bonchev–Trinajstić information content (AvgIpc) is 3.10. The van der Waals surface area contributed by atoms with E-state index < -0.39 is 15.9 Å². The largest absolute Gasteiger partial charge is 0.312 e. The van der Waals surface area contributed by atoms with Crippen LogP contribution in [0, 0.1) is 6.92 Å². The van der Waals surface area contributed by atoms with Gasteiger partial charge in [0.1, 0.15) is 0 Å². The molecule has 0 unspecified atom stereocenters. The SMILES string of the molecule is C=CCn1c(=NC(=O)c2cccc(NS(=O)(=O)c3ccccc3)c2)sc2cc(C)ccc21. The van der Waals surface area contributed by atoms with Gasteiger partial charge in [-0.15, -0.1) is 6.58 Å². The average molecular weight is 464 g/mol. The molecule has 6 nitrogen and oxygen atoms in total. The van der Waals surface area contributed by atoms with Crippen LogP contribution in [0.3, 0.4) is 0 Å². The van der Waals surface area contributed by atoms with Crippen molar-refractivity contribution in [1.82, 2.24) is 4.57 Å². The van der Waals surface area contributed by atoms with Crippen LogP contribution >= 0.6 is 11.3 Å². The second-order valence-corrected chi connectivity index (χ2v) is 9.86. The summed E-state index contributed by atoms with van der Waals surface area (Å²) >= 11 is 1.43. The lowest BCUT2D eigenvalue weighted by Crippen LogP contribution is -2.16. The Bertz CT molecular complexity index is 1480. The van der Waals surface area contributed by atoms with Crippen LogP contribution in [0.15, 0.2) is 95.3 Å². The third kappa shape index (κ3) is 4.56. The molecule has 4 aromatic rings. The molecule has 0 aliphatic rings. The molecule has 0 fully saturated rings. The zero-order valence-corrected chi connectivity index (χ0v) is 19.0. The fraction of sp³-hybridized carbons (Fsp3) is 0.0833. The number of amides is 1. The number of sulfonamides is 1. The van der Waals surface area contributed by atoms with Crippen molar-refractivity contribution in [2.75, 3.05) is 4.72 Å². The number of nitrogens with one attached hydrogen (secondary N) is 1. The zero-order valence-electron chi connectivity index (χ0n) is 17.4. The maximum Gasteiger partial charge on any atom is 0.279 e. The van der Waals surface area contributed by atoms with Crippen LogP contribution < -0.4 is 9.52 Å². The molecular formula is C24H21N3O3S2. The van der Waals surface area contributed by atoms with Gasteiger partial charge in [0.15, 0.2) is 4.80 Å². The van der Waals surface area contributed by atoms with Crippen LogP contribution in [0.25, 0.3) is 10.2 Å². The Balaban J connectivity index is 1.69. The molecule has 1 amide bonds. The highest BCUT2D eigenvalue weighted by molar-refractivity contribution is 7.92. The smallest absolute Gasteiger partial charge is 0.279 e. The number of aryl methyl sites for hydroxylation is 1. The molecule has 0 bridgehead atoms. The molecule has 162 valence electrons. The molecule has 0 saturated heterocycles. The van der Waals surface area contributed by atoms with Gasteiger partial charge in [0, 0.05) is 17.8 Å². The summed E-state index contributed by atoms with van der Waals surface area (Å²) in [5, 5.41) is 0. The molecular weight excluding hydrogens is 442 g/mol. The van der Waals surface area contributed by atoms with Crippen molar-refractivity contribution in [2.24, 2.45) is 4.99 Å². The van der Waals surface area contributed by atoms with E-state index in [1.807, 2.05) is 23.6 Å². The normalized spacial score (nSPS) is 12.1. The second kappa shape index (κ2) is 8.94. The van der Waals surface area contributed by atoms with E-state index in [1.165, 1.54) is 29.5 Å². The lowest BCUT2D eigenvalue weighted by molar-refractivity contribution is 0.0998. The van der Waals surface area contributed by atoms with E-state index in [-0.39, 0.29) is 10.5 Å². The molecule has 0 aliphatic heterocycles. The molecule has 4 rings (SSSR count). The Labute approximate surface area is 190 Å².